The van der Waals surface area contributed by atoms with Gasteiger partial charge in [0.05, 0.1) is 6.61 Å². The van der Waals surface area contributed by atoms with Gasteiger partial charge >= 0.3 is 11.9 Å². The Morgan fingerprint density at radius 3 is 1.75 bits per heavy atom. The summed E-state index contributed by atoms with van der Waals surface area (Å²) in [6.45, 7) is 11.6. The molecule has 0 saturated carbocycles. The standard InChI is InChI=1S/C31H52O5/c1-6-7-8-9-10-11-16-23-34-27-21-22-28(35-30(32)19-14-12-17-25(2)3)29(24-27)36-31(33)20-15-13-18-26(4)5/h21-22,24-26H,6-20,23H2,1-5H3. The van der Waals surface area contributed by atoms with Gasteiger partial charge in [0.1, 0.15) is 5.75 Å². The average molecular weight is 505 g/mol. The van der Waals surface area contributed by atoms with E-state index in [2.05, 4.69) is 34.6 Å². The van der Waals surface area contributed by atoms with Crippen LogP contribution >= 0.6 is 0 Å². The van der Waals surface area contributed by atoms with Crippen LogP contribution in [0.5, 0.6) is 17.2 Å². The second-order valence-electron chi connectivity index (χ2n) is 10.8. The highest BCUT2D eigenvalue weighted by Crippen LogP contribution is 2.33. The molecule has 0 amide bonds. The number of rotatable bonds is 21. The molecule has 0 bridgehead atoms. The van der Waals surface area contributed by atoms with Crippen LogP contribution in [-0.4, -0.2) is 18.5 Å². The Kier molecular flexibility index (Phi) is 17.8. The van der Waals surface area contributed by atoms with Gasteiger partial charge in [-0.3, -0.25) is 9.59 Å². The zero-order chi connectivity index (χ0) is 26.6. The third-order valence-electron chi connectivity index (χ3n) is 6.20. The lowest BCUT2D eigenvalue weighted by atomic mass is 10.1. The third kappa shape index (κ3) is 16.6. The van der Waals surface area contributed by atoms with Crippen molar-refractivity contribution in [3.05, 3.63) is 18.2 Å². The number of hydrogen-bond acceptors (Lipinski definition) is 5. The fourth-order valence-corrected chi connectivity index (χ4v) is 3.98. The lowest BCUT2D eigenvalue weighted by Crippen LogP contribution is -2.12. The van der Waals surface area contributed by atoms with Crippen molar-refractivity contribution in [1.29, 1.82) is 0 Å². The molecule has 0 N–H and O–H groups in total. The van der Waals surface area contributed by atoms with Crippen molar-refractivity contribution in [3.63, 3.8) is 0 Å². The summed E-state index contributed by atoms with van der Waals surface area (Å²) in [5.74, 6) is 1.81. The molecule has 0 heterocycles. The molecule has 0 aliphatic carbocycles. The van der Waals surface area contributed by atoms with Gasteiger partial charge < -0.3 is 14.2 Å². The van der Waals surface area contributed by atoms with Gasteiger partial charge in [0.25, 0.3) is 0 Å². The molecule has 0 radical (unpaired) electrons. The number of hydrogen-bond donors (Lipinski definition) is 0. The predicted octanol–water partition coefficient (Wildman–Crippen LogP) is 9.06. The van der Waals surface area contributed by atoms with Gasteiger partial charge in [-0.25, -0.2) is 0 Å². The number of ether oxygens (including phenoxy) is 3. The second-order valence-corrected chi connectivity index (χ2v) is 10.8. The van der Waals surface area contributed by atoms with E-state index in [4.69, 9.17) is 14.2 Å². The quantitative estimate of drug-likeness (QED) is 0.0949. The number of unbranched alkanes of at least 4 members (excludes halogenated alkanes) is 8. The Balaban J connectivity index is 2.65. The molecule has 5 heteroatoms. The van der Waals surface area contributed by atoms with Crippen LogP contribution in [0.15, 0.2) is 18.2 Å². The van der Waals surface area contributed by atoms with Crippen molar-refractivity contribution in [2.45, 2.75) is 131 Å². The molecule has 0 aromatic heterocycles. The molecule has 0 fully saturated rings. The maximum absolute atomic E-state index is 12.5. The first-order valence-corrected chi connectivity index (χ1v) is 14.5. The lowest BCUT2D eigenvalue weighted by Gasteiger charge is -2.13. The monoisotopic (exact) mass is 504 g/mol. The van der Waals surface area contributed by atoms with Crippen LogP contribution in [0.2, 0.25) is 0 Å². The molecular formula is C31H52O5. The summed E-state index contributed by atoms with van der Waals surface area (Å²) in [7, 11) is 0. The van der Waals surface area contributed by atoms with Gasteiger partial charge in [-0.2, -0.15) is 0 Å². The van der Waals surface area contributed by atoms with Gasteiger partial charge in [0.2, 0.25) is 0 Å². The van der Waals surface area contributed by atoms with Crippen molar-refractivity contribution in [3.8, 4) is 17.2 Å². The molecule has 1 rings (SSSR count). The van der Waals surface area contributed by atoms with Crippen LogP contribution in [0.1, 0.15) is 131 Å². The number of carbonyl (C=O) groups is 2. The summed E-state index contributed by atoms with van der Waals surface area (Å²) in [6, 6.07) is 5.13. The van der Waals surface area contributed by atoms with E-state index in [0.717, 1.165) is 51.4 Å². The second kappa shape index (κ2) is 20.1. The molecule has 5 nitrogen and oxygen atoms in total. The minimum absolute atomic E-state index is 0.261. The number of benzene rings is 1. The SMILES string of the molecule is CCCCCCCCCOc1ccc(OC(=O)CCCCC(C)C)c(OC(=O)CCCCC(C)C)c1. The topological polar surface area (TPSA) is 61.8 Å². The van der Waals surface area contributed by atoms with Crippen molar-refractivity contribution in [2.24, 2.45) is 11.8 Å². The molecule has 1 aromatic rings. The summed E-state index contributed by atoms with van der Waals surface area (Å²) in [5.41, 5.74) is 0. The Bertz CT molecular complexity index is 726. The van der Waals surface area contributed by atoms with Crippen molar-refractivity contribution in [1.82, 2.24) is 0 Å². The molecule has 0 spiro atoms. The van der Waals surface area contributed by atoms with E-state index in [-0.39, 0.29) is 23.4 Å². The fraction of sp³-hybridized carbons (Fsp3) is 0.742. The Morgan fingerprint density at radius 2 is 1.19 bits per heavy atom. The first kappa shape index (κ1) is 32.0. The molecule has 1 aromatic carbocycles. The normalized spacial score (nSPS) is 11.2. The van der Waals surface area contributed by atoms with Gasteiger partial charge in [-0.1, -0.05) is 98.8 Å². The highest BCUT2D eigenvalue weighted by Gasteiger charge is 2.16. The minimum atomic E-state index is -0.308. The Morgan fingerprint density at radius 1 is 0.667 bits per heavy atom. The van der Waals surface area contributed by atoms with Gasteiger partial charge in [0, 0.05) is 18.9 Å². The first-order chi connectivity index (χ1) is 17.3. The highest BCUT2D eigenvalue weighted by molar-refractivity contribution is 5.76. The van der Waals surface area contributed by atoms with Crippen LogP contribution in [0.4, 0.5) is 0 Å². The largest absolute Gasteiger partial charge is 0.493 e. The summed E-state index contributed by atoms with van der Waals surface area (Å²) in [4.78, 5) is 24.9. The number of carbonyl (C=O) groups excluding carboxylic acids is 2. The van der Waals surface area contributed by atoms with Gasteiger partial charge in [0.15, 0.2) is 11.5 Å². The van der Waals surface area contributed by atoms with Crippen molar-refractivity contribution >= 4 is 11.9 Å². The maximum Gasteiger partial charge on any atom is 0.311 e. The maximum atomic E-state index is 12.5. The van der Waals surface area contributed by atoms with E-state index in [0.29, 0.717) is 37.0 Å². The molecular weight excluding hydrogens is 452 g/mol. The summed E-state index contributed by atoms with van der Waals surface area (Å²) in [6.07, 6.45) is 15.0. The van der Waals surface area contributed by atoms with E-state index >= 15 is 0 Å². The Hall–Kier alpha value is -2.04. The van der Waals surface area contributed by atoms with E-state index in [1.165, 1.54) is 32.1 Å². The summed E-state index contributed by atoms with van der Waals surface area (Å²) < 4.78 is 17.1. The van der Waals surface area contributed by atoms with Crippen LogP contribution in [0, 0.1) is 11.8 Å². The summed E-state index contributed by atoms with van der Waals surface area (Å²) in [5, 5.41) is 0. The van der Waals surface area contributed by atoms with Gasteiger partial charge in [-0.15, -0.1) is 0 Å². The highest BCUT2D eigenvalue weighted by atomic mass is 16.6. The minimum Gasteiger partial charge on any atom is -0.493 e. The smallest absolute Gasteiger partial charge is 0.311 e. The van der Waals surface area contributed by atoms with E-state index in [1.54, 1.807) is 18.2 Å². The van der Waals surface area contributed by atoms with Crippen LogP contribution in [0.25, 0.3) is 0 Å². The third-order valence-corrected chi connectivity index (χ3v) is 6.20. The number of esters is 2. The molecule has 36 heavy (non-hydrogen) atoms. The lowest BCUT2D eigenvalue weighted by molar-refractivity contribution is -0.137. The zero-order valence-corrected chi connectivity index (χ0v) is 23.7. The average Bonchev–Trinajstić information content (AvgIpc) is 2.82. The first-order valence-electron chi connectivity index (χ1n) is 14.5. The van der Waals surface area contributed by atoms with Crippen LogP contribution < -0.4 is 14.2 Å². The molecule has 0 aliphatic rings. The molecule has 0 saturated heterocycles. The Labute approximate surface area is 220 Å². The molecule has 206 valence electrons. The van der Waals surface area contributed by atoms with Crippen LogP contribution in [-0.2, 0) is 9.59 Å². The predicted molar refractivity (Wildman–Crippen MR) is 148 cm³/mol. The fourth-order valence-electron chi connectivity index (χ4n) is 3.98. The van der Waals surface area contributed by atoms with E-state index in [9.17, 15) is 9.59 Å². The van der Waals surface area contributed by atoms with Crippen LogP contribution in [0.3, 0.4) is 0 Å². The molecule has 0 unspecified atom stereocenters. The molecule has 0 atom stereocenters. The van der Waals surface area contributed by atoms with E-state index in [1.807, 2.05) is 0 Å². The van der Waals surface area contributed by atoms with Crippen molar-refractivity contribution < 1.29 is 23.8 Å². The van der Waals surface area contributed by atoms with Gasteiger partial charge in [-0.05, 0) is 43.2 Å². The van der Waals surface area contributed by atoms with Crippen molar-refractivity contribution in [2.75, 3.05) is 6.61 Å². The van der Waals surface area contributed by atoms with E-state index < -0.39 is 0 Å². The summed E-state index contributed by atoms with van der Waals surface area (Å²) >= 11 is 0. The zero-order valence-electron chi connectivity index (χ0n) is 23.7. The molecule has 0 aliphatic heterocycles.